The molecule has 1 amide bonds. The van der Waals surface area contributed by atoms with Crippen molar-refractivity contribution in [3.05, 3.63) is 35.2 Å². The first-order valence-electron chi connectivity index (χ1n) is 9.94. The summed E-state index contributed by atoms with van der Waals surface area (Å²) >= 11 is 7.62. The zero-order valence-corrected chi connectivity index (χ0v) is 17.4. The van der Waals surface area contributed by atoms with Gasteiger partial charge in [0.15, 0.2) is 0 Å². The summed E-state index contributed by atoms with van der Waals surface area (Å²) in [5, 5.41) is 9.58. The number of nitrogens with zero attached hydrogens (tertiary/aromatic N) is 4. The van der Waals surface area contributed by atoms with E-state index in [-0.39, 0.29) is 5.91 Å². The van der Waals surface area contributed by atoms with Gasteiger partial charge < -0.3 is 14.2 Å². The lowest BCUT2D eigenvalue weighted by Gasteiger charge is -2.36. The van der Waals surface area contributed by atoms with Crippen molar-refractivity contribution < 1.29 is 9.21 Å². The number of halogens is 1. The number of hydrogen-bond acceptors (Lipinski definition) is 6. The SMILES string of the molecule is O=C(CSc1nnc(C2CCCCC2)o1)N1CCN(c2ccccc2Cl)CC1. The Labute approximate surface area is 174 Å². The number of benzene rings is 1. The van der Waals surface area contributed by atoms with E-state index in [0.29, 0.717) is 30.0 Å². The minimum absolute atomic E-state index is 0.112. The predicted molar refractivity (Wildman–Crippen MR) is 111 cm³/mol. The summed E-state index contributed by atoms with van der Waals surface area (Å²) in [6, 6.07) is 7.84. The largest absolute Gasteiger partial charge is 0.416 e. The zero-order chi connectivity index (χ0) is 19.3. The van der Waals surface area contributed by atoms with E-state index in [1.165, 1.54) is 31.0 Å². The van der Waals surface area contributed by atoms with Crippen LogP contribution in [0.4, 0.5) is 5.69 Å². The molecular formula is C20H25ClN4O2S. The van der Waals surface area contributed by atoms with Crippen LogP contribution in [0.3, 0.4) is 0 Å². The van der Waals surface area contributed by atoms with Gasteiger partial charge in [0.1, 0.15) is 0 Å². The van der Waals surface area contributed by atoms with Gasteiger partial charge in [-0.1, -0.05) is 54.8 Å². The second-order valence-corrected chi connectivity index (χ2v) is 8.68. The van der Waals surface area contributed by atoms with Crippen LogP contribution in [-0.4, -0.2) is 52.9 Å². The first-order valence-corrected chi connectivity index (χ1v) is 11.3. The molecule has 0 radical (unpaired) electrons. The van der Waals surface area contributed by atoms with Crippen molar-refractivity contribution in [3.8, 4) is 0 Å². The number of rotatable bonds is 5. The molecule has 6 nitrogen and oxygen atoms in total. The van der Waals surface area contributed by atoms with Crippen LogP contribution in [0.25, 0.3) is 0 Å². The maximum Gasteiger partial charge on any atom is 0.277 e. The molecule has 150 valence electrons. The van der Waals surface area contributed by atoms with E-state index in [0.717, 1.165) is 42.5 Å². The van der Waals surface area contributed by atoms with Gasteiger partial charge in [0, 0.05) is 32.1 Å². The highest BCUT2D eigenvalue weighted by Crippen LogP contribution is 2.33. The molecule has 4 rings (SSSR count). The van der Waals surface area contributed by atoms with E-state index >= 15 is 0 Å². The average Bonchev–Trinajstić information content (AvgIpc) is 3.22. The normalized spacial score (nSPS) is 18.5. The summed E-state index contributed by atoms with van der Waals surface area (Å²) in [7, 11) is 0. The highest BCUT2D eigenvalue weighted by atomic mass is 35.5. The molecule has 2 aromatic rings. The van der Waals surface area contributed by atoms with Crippen molar-refractivity contribution >= 4 is 35.0 Å². The molecule has 1 aliphatic carbocycles. The lowest BCUT2D eigenvalue weighted by molar-refractivity contribution is -0.128. The Kier molecular flexibility index (Phi) is 6.42. The Balaban J connectivity index is 1.25. The van der Waals surface area contributed by atoms with Crippen molar-refractivity contribution in [1.29, 1.82) is 0 Å². The van der Waals surface area contributed by atoms with E-state index in [1.54, 1.807) is 0 Å². The highest BCUT2D eigenvalue weighted by Gasteiger charge is 2.24. The molecule has 0 atom stereocenters. The second kappa shape index (κ2) is 9.18. The van der Waals surface area contributed by atoms with Gasteiger partial charge in [0.2, 0.25) is 11.8 Å². The molecule has 1 aliphatic heterocycles. The zero-order valence-electron chi connectivity index (χ0n) is 15.8. The third kappa shape index (κ3) is 4.63. The molecule has 1 saturated carbocycles. The molecule has 1 saturated heterocycles. The molecule has 1 aromatic heterocycles. The van der Waals surface area contributed by atoms with Crippen molar-refractivity contribution in [2.24, 2.45) is 0 Å². The van der Waals surface area contributed by atoms with Gasteiger partial charge in [-0.15, -0.1) is 10.2 Å². The molecule has 1 aromatic carbocycles. The number of para-hydroxylation sites is 1. The van der Waals surface area contributed by atoms with Gasteiger partial charge in [-0.05, 0) is 25.0 Å². The van der Waals surface area contributed by atoms with E-state index < -0.39 is 0 Å². The van der Waals surface area contributed by atoms with Crippen LogP contribution in [0.2, 0.25) is 5.02 Å². The van der Waals surface area contributed by atoms with Gasteiger partial charge in [-0.25, -0.2) is 0 Å². The van der Waals surface area contributed by atoms with Gasteiger partial charge in [-0.3, -0.25) is 4.79 Å². The number of hydrogen-bond donors (Lipinski definition) is 0. The average molecular weight is 421 g/mol. The predicted octanol–water partition coefficient (Wildman–Crippen LogP) is 4.21. The Hall–Kier alpha value is -1.73. The first kappa shape index (κ1) is 19.6. The summed E-state index contributed by atoms with van der Waals surface area (Å²) in [4.78, 5) is 16.7. The van der Waals surface area contributed by atoms with E-state index in [2.05, 4.69) is 15.1 Å². The maximum atomic E-state index is 12.6. The topological polar surface area (TPSA) is 62.5 Å². The van der Waals surface area contributed by atoms with Crippen molar-refractivity contribution in [1.82, 2.24) is 15.1 Å². The lowest BCUT2D eigenvalue weighted by Crippen LogP contribution is -2.49. The molecule has 2 heterocycles. The summed E-state index contributed by atoms with van der Waals surface area (Å²) in [6.07, 6.45) is 6.01. The quantitative estimate of drug-likeness (QED) is 0.675. The molecule has 0 N–H and O–H groups in total. The monoisotopic (exact) mass is 420 g/mol. The molecule has 28 heavy (non-hydrogen) atoms. The molecular weight excluding hydrogens is 396 g/mol. The molecule has 0 bridgehead atoms. The number of carbonyl (C=O) groups excluding carboxylic acids is 1. The fourth-order valence-electron chi connectivity index (χ4n) is 3.91. The minimum atomic E-state index is 0.112. The van der Waals surface area contributed by atoms with Crippen molar-refractivity contribution in [2.45, 2.75) is 43.2 Å². The van der Waals surface area contributed by atoms with E-state index in [4.69, 9.17) is 16.0 Å². The van der Waals surface area contributed by atoms with Crippen molar-refractivity contribution in [2.75, 3.05) is 36.8 Å². The van der Waals surface area contributed by atoms with Gasteiger partial charge in [0.25, 0.3) is 5.22 Å². The second-order valence-electron chi connectivity index (χ2n) is 7.35. The molecule has 8 heteroatoms. The maximum absolute atomic E-state index is 12.6. The number of anilines is 1. The van der Waals surface area contributed by atoms with Crippen molar-refractivity contribution in [3.63, 3.8) is 0 Å². The number of aromatic nitrogens is 2. The fraction of sp³-hybridized carbons (Fsp3) is 0.550. The third-order valence-corrected chi connectivity index (χ3v) is 6.64. The highest BCUT2D eigenvalue weighted by molar-refractivity contribution is 7.99. The lowest BCUT2D eigenvalue weighted by atomic mass is 9.89. The van der Waals surface area contributed by atoms with Crippen LogP contribution in [0.15, 0.2) is 33.9 Å². The van der Waals surface area contributed by atoms with Crippen LogP contribution in [0.1, 0.15) is 43.9 Å². The van der Waals surface area contributed by atoms with Crippen LogP contribution < -0.4 is 4.90 Å². The molecule has 0 spiro atoms. The summed E-state index contributed by atoms with van der Waals surface area (Å²) in [6.45, 7) is 2.96. The third-order valence-electron chi connectivity index (χ3n) is 5.52. The summed E-state index contributed by atoms with van der Waals surface area (Å²) < 4.78 is 5.80. The number of carbonyl (C=O) groups is 1. The Bertz CT molecular complexity index is 801. The summed E-state index contributed by atoms with van der Waals surface area (Å²) in [5.41, 5.74) is 1.03. The minimum Gasteiger partial charge on any atom is -0.416 e. The van der Waals surface area contributed by atoms with Crippen LogP contribution in [0.5, 0.6) is 0 Å². The van der Waals surface area contributed by atoms with Crippen LogP contribution >= 0.6 is 23.4 Å². The molecule has 2 aliphatic rings. The van der Waals surface area contributed by atoms with E-state index in [1.807, 2.05) is 29.2 Å². The van der Waals surface area contributed by atoms with Crippen LogP contribution in [-0.2, 0) is 4.79 Å². The number of piperazine rings is 1. The molecule has 0 unspecified atom stereocenters. The fourth-order valence-corrected chi connectivity index (χ4v) is 4.84. The van der Waals surface area contributed by atoms with Gasteiger partial charge >= 0.3 is 0 Å². The summed E-state index contributed by atoms with van der Waals surface area (Å²) in [5.74, 6) is 1.58. The smallest absolute Gasteiger partial charge is 0.277 e. The number of thioether (sulfide) groups is 1. The first-order chi connectivity index (χ1) is 13.7. The standard InChI is InChI=1S/C20H25ClN4O2S/c21-16-8-4-5-9-17(16)24-10-12-25(13-11-24)18(26)14-28-20-23-22-19(27-20)15-6-2-1-3-7-15/h4-5,8-9,15H,1-3,6-7,10-14H2. The van der Waals surface area contributed by atoms with Crippen LogP contribution in [0, 0.1) is 0 Å². The van der Waals surface area contributed by atoms with E-state index in [9.17, 15) is 4.79 Å². The van der Waals surface area contributed by atoms with Gasteiger partial charge in [-0.2, -0.15) is 0 Å². The Morgan fingerprint density at radius 2 is 1.86 bits per heavy atom. The number of amides is 1. The Morgan fingerprint density at radius 1 is 1.11 bits per heavy atom. The molecule has 2 fully saturated rings. The Morgan fingerprint density at radius 3 is 2.61 bits per heavy atom. The van der Waals surface area contributed by atoms with Gasteiger partial charge in [0.05, 0.1) is 16.5 Å².